The van der Waals surface area contributed by atoms with E-state index in [0.717, 1.165) is 29.5 Å². The summed E-state index contributed by atoms with van der Waals surface area (Å²) in [7, 11) is 0. The summed E-state index contributed by atoms with van der Waals surface area (Å²) in [6, 6.07) is 8.94. The van der Waals surface area contributed by atoms with E-state index in [2.05, 4.69) is 32.2 Å². The molecule has 25 heavy (non-hydrogen) atoms. The van der Waals surface area contributed by atoms with Crippen molar-refractivity contribution >= 4 is 5.91 Å². The van der Waals surface area contributed by atoms with E-state index in [-0.39, 0.29) is 23.6 Å². The van der Waals surface area contributed by atoms with Gasteiger partial charge in [-0.25, -0.2) is 8.78 Å². The van der Waals surface area contributed by atoms with Crippen LogP contribution in [0.5, 0.6) is 5.75 Å². The number of fused-ring (bicyclic) bond motifs is 1. The second kappa shape index (κ2) is 6.47. The minimum absolute atomic E-state index is 0.0518. The fourth-order valence-corrected chi connectivity index (χ4v) is 2.87. The lowest BCUT2D eigenvalue weighted by Crippen LogP contribution is -2.34. The third kappa shape index (κ3) is 3.81. The Balaban J connectivity index is 1.64. The van der Waals surface area contributed by atoms with E-state index in [4.69, 9.17) is 4.74 Å². The first kappa shape index (κ1) is 17.4. The Morgan fingerprint density at radius 1 is 1.20 bits per heavy atom. The summed E-state index contributed by atoms with van der Waals surface area (Å²) >= 11 is 0. The highest BCUT2D eigenvalue weighted by atomic mass is 19.1. The van der Waals surface area contributed by atoms with E-state index < -0.39 is 17.5 Å². The van der Waals surface area contributed by atoms with Gasteiger partial charge in [-0.15, -0.1) is 0 Å². The van der Waals surface area contributed by atoms with Crippen molar-refractivity contribution in [3.05, 3.63) is 64.7 Å². The molecule has 0 radical (unpaired) electrons. The fraction of sp³-hybridized carbons (Fsp3) is 0.350. The molecule has 0 spiro atoms. The van der Waals surface area contributed by atoms with Crippen LogP contribution in [0.1, 0.15) is 42.3 Å². The number of carbonyl (C=O) groups excluding carboxylic acids is 1. The van der Waals surface area contributed by atoms with Gasteiger partial charge in [0.25, 0.3) is 5.91 Å². The number of carbonyl (C=O) groups is 1. The SMILES string of the molecule is CC(C)(C)c1ccc2c(c1)C[C@@H](CNC(=O)c1cc(F)ccc1F)O2. The van der Waals surface area contributed by atoms with Crippen molar-refractivity contribution < 1.29 is 18.3 Å². The maximum Gasteiger partial charge on any atom is 0.254 e. The van der Waals surface area contributed by atoms with Crippen LogP contribution in [-0.4, -0.2) is 18.6 Å². The van der Waals surface area contributed by atoms with Crippen LogP contribution in [0, 0.1) is 11.6 Å². The molecular weight excluding hydrogens is 324 g/mol. The Kier molecular flexibility index (Phi) is 4.50. The lowest BCUT2D eigenvalue weighted by atomic mass is 9.86. The van der Waals surface area contributed by atoms with Crippen LogP contribution in [-0.2, 0) is 11.8 Å². The molecule has 0 saturated carbocycles. The molecule has 0 saturated heterocycles. The molecule has 0 aliphatic carbocycles. The highest BCUT2D eigenvalue weighted by molar-refractivity contribution is 5.94. The molecule has 1 aliphatic rings. The summed E-state index contributed by atoms with van der Waals surface area (Å²) in [5.74, 6) is -1.23. The zero-order valence-corrected chi connectivity index (χ0v) is 14.5. The number of hydrogen-bond donors (Lipinski definition) is 1. The zero-order chi connectivity index (χ0) is 18.2. The third-order valence-corrected chi connectivity index (χ3v) is 4.33. The zero-order valence-electron chi connectivity index (χ0n) is 14.5. The maximum absolute atomic E-state index is 13.6. The molecule has 1 amide bonds. The van der Waals surface area contributed by atoms with Crippen LogP contribution in [0.3, 0.4) is 0 Å². The Bertz CT molecular complexity index is 812. The maximum atomic E-state index is 13.6. The quantitative estimate of drug-likeness (QED) is 0.913. The molecule has 132 valence electrons. The number of hydrogen-bond acceptors (Lipinski definition) is 2. The predicted molar refractivity (Wildman–Crippen MR) is 92.0 cm³/mol. The average Bonchev–Trinajstić information content (AvgIpc) is 2.96. The predicted octanol–water partition coefficient (Wildman–Crippen LogP) is 4.00. The summed E-state index contributed by atoms with van der Waals surface area (Å²) in [4.78, 5) is 12.1. The van der Waals surface area contributed by atoms with Gasteiger partial charge in [-0.05, 0) is 40.8 Å². The van der Waals surface area contributed by atoms with Gasteiger partial charge in [-0.3, -0.25) is 4.79 Å². The average molecular weight is 345 g/mol. The Morgan fingerprint density at radius 3 is 2.68 bits per heavy atom. The number of rotatable bonds is 3. The van der Waals surface area contributed by atoms with Crippen LogP contribution in [0.25, 0.3) is 0 Å². The minimum Gasteiger partial charge on any atom is -0.488 e. The summed E-state index contributed by atoms with van der Waals surface area (Å²) in [6.07, 6.45) is 0.455. The molecule has 2 aromatic carbocycles. The van der Waals surface area contributed by atoms with Crippen molar-refractivity contribution in [1.29, 1.82) is 0 Å². The number of benzene rings is 2. The first-order chi connectivity index (χ1) is 11.7. The monoisotopic (exact) mass is 345 g/mol. The Morgan fingerprint density at radius 2 is 1.96 bits per heavy atom. The molecule has 1 atom stereocenters. The van der Waals surface area contributed by atoms with Gasteiger partial charge in [0.15, 0.2) is 0 Å². The van der Waals surface area contributed by atoms with E-state index >= 15 is 0 Å². The number of ether oxygens (including phenoxy) is 1. The van der Waals surface area contributed by atoms with Gasteiger partial charge in [0.05, 0.1) is 12.1 Å². The molecule has 1 N–H and O–H groups in total. The number of nitrogens with one attached hydrogen (secondary N) is 1. The van der Waals surface area contributed by atoms with Crippen molar-refractivity contribution in [1.82, 2.24) is 5.32 Å². The first-order valence-electron chi connectivity index (χ1n) is 8.27. The Hall–Kier alpha value is -2.43. The minimum atomic E-state index is -0.746. The van der Waals surface area contributed by atoms with E-state index in [0.29, 0.717) is 6.42 Å². The lowest BCUT2D eigenvalue weighted by Gasteiger charge is -2.19. The fourth-order valence-electron chi connectivity index (χ4n) is 2.87. The van der Waals surface area contributed by atoms with Gasteiger partial charge in [0, 0.05) is 6.42 Å². The molecule has 5 heteroatoms. The molecule has 3 rings (SSSR count). The molecule has 0 fully saturated rings. The van der Waals surface area contributed by atoms with Gasteiger partial charge in [0.2, 0.25) is 0 Å². The third-order valence-electron chi connectivity index (χ3n) is 4.33. The van der Waals surface area contributed by atoms with Crippen molar-refractivity contribution in [3.8, 4) is 5.75 Å². The molecule has 0 bridgehead atoms. The summed E-state index contributed by atoms with van der Waals surface area (Å²) in [5, 5.41) is 2.62. The normalized spacial score (nSPS) is 16.3. The molecule has 3 nitrogen and oxygen atoms in total. The number of halogens is 2. The smallest absolute Gasteiger partial charge is 0.254 e. The van der Waals surface area contributed by atoms with E-state index in [1.807, 2.05) is 12.1 Å². The van der Waals surface area contributed by atoms with Gasteiger partial charge in [-0.1, -0.05) is 32.9 Å². The van der Waals surface area contributed by atoms with Crippen molar-refractivity contribution in [2.75, 3.05) is 6.54 Å². The van der Waals surface area contributed by atoms with E-state index in [1.54, 1.807) is 0 Å². The largest absolute Gasteiger partial charge is 0.488 e. The molecule has 2 aromatic rings. The molecule has 0 unspecified atom stereocenters. The summed E-state index contributed by atoms with van der Waals surface area (Å²) < 4.78 is 32.7. The highest BCUT2D eigenvalue weighted by Gasteiger charge is 2.26. The highest BCUT2D eigenvalue weighted by Crippen LogP contribution is 2.33. The van der Waals surface area contributed by atoms with Crippen LogP contribution in [0.4, 0.5) is 8.78 Å². The Labute approximate surface area is 146 Å². The topological polar surface area (TPSA) is 38.3 Å². The summed E-state index contributed by atoms with van der Waals surface area (Å²) in [6.45, 7) is 6.68. The van der Waals surface area contributed by atoms with E-state index in [9.17, 15) is 13.6 Å². The van der Waals surface area contributed by atoms with Crippen molar-refractivity contribution in [3.63, 3.8) is 0 Å². The summed E-state index contributed by atoms with van der Waals surface area (Å²) in [5.41, 5.74) is 2.08. The van der Waals surface area contributed by atoms with Crippen molar-refractivity contribution in [2.24, 2.45) is 0 Å². The van der Waals surface area contributed by atoms with Crippen LogP contribution < -0.4 is 10.1 Å². The molecule has 1 aliphatic heterocycles. The van der Waals surface area contributed by atoms with Gasteiger partial charge in [-0.2, -0.15) is 0 Å². The van der Waals surface area contributed by atoms with Crippen LogP contribution in [0.2, 0.25) is 0 Å². The van der Waals surface area contributed by atoms with Gasteiger partial charge >= 0.3 is 0 Å². The molecule has 1 heterocycles. The van der Waals surface area contributed by atoms with Gasteiger partial charge < -0.3 is 10.1 Å². The van der Waals surface area contributed by atoms with Crippen molar-refractivity contribution in [2.45, 2.75) is 38.7 Å². The standard InChI is InChI=1S/C20H21F2NO2/c1-20(2,3)13-4-7-18-12(8-13)9-15(25-18)11-23-19(24)16-10-14(21)5-6-17(16)22/h4-8,10,15H,9,11H2,1-3H3,(H,23,24)/t15-/m0/s1. The molecule has 0 aromatic heterocycles. The number of amides is 1. The second-order valence-electron chi connectivity index (χ2n) is 7.35. The van der Waals surface area contributed by atoms with Crippen LogP contribution in [0.15, 0.2) is 36.4 Å². The molecular formula is C20H21F2NO2. The lowest BCUT2D eigenvalue weighted by molar-refractivity contribution is 0.0929. The first-order valence-corrected chi connectivity index (χ1v) is 8.27. The van der Waals surface area contributed by atoms with Crippen LogP contribution >= 0.6 is 0 Å². The van der Waals surface area contributed by atoms with Gasteiger partial charge in [0.1, 0.15) is 23.5 Å². The van der Waals surface area contributed by atoms with E-state index in [1.165, 1.54) is 5.56 Å². The second-order valence-corrected chi connectivity index (χ2v) is 7.35.